The number of ketones is 2. The summed E-state index contributed by atoms with van der Waals surface area (Å²) in [5.41, 5.74) is 6.91. The van der Waals surface area contributed by atoms with Crippen molar-refractivity contribution in [2.45, 2.75) is 50.9 Å². The normalized spacial score (nSPS) is 18.6. The van der Waals surface area contributed by atoms with E-state index in [4.69, 9.17) is 5.73 Å². The number of hydrogen-bond acceptors (Lipinski definition) is 6. The van der Waals surface area contributed by atoms with Crippen LogP contribution in [0.15, 0.2) is 53.5 Å². The fourth-order valence-electron chi connectivity index (χ4n) is 5.11. The first kappa shape index (κ1) is 30.9. The van der Waals surface area contributed by atoms with Gasteiger partial charge in [0.25, 0.3) is 0 Å². The molecule has 1 heterocycles. The Balaban J connectivity index is 1.66. The lowest BCUT2D eigenvalue weighted by Crippen LogP contribution is -2.46. The minimum atomic E-state index is -4.53. The number of fused-ring (bicyclic) bond motifs is 1. The average Bonchev–Trinajstić information content (AvgIpc) is 3.76. The fourth-order valence-corrected chi connectivity index (χ4v) is 5.84. The van der Waals surface area contributed by atoms with E-state index in [9.17, 15) is 31.9 Å². The number of benzene rings is 2. The largest absolute Gasteiger partial charge is 0.389 e. The number of nitrogens with zero attached hydrogens (tertiary/aromatic N) is 1. The monoisotopic (exact) mass is 591 g/mol. The number of rotatable bonds is 13. The standard InChI is InChI=1S/C30H33F4N3O3S/c31-24-8-4-7-20-22(24)16-25(38)28(36-27(20)19-5-2-1-3-6-19)37-29(40)21(11-12-30(32,33)34)23(15-18-9-10-18)26(39)17-41-14-13-35/h1-8,18,21,23,28H,9-17,35H2,(H,37,40)/t21-,23+,28-/m1/s1. The Morgan fingerprint density at radius 2 is 1.80 bits per heavy atom. The first-order valence-corrected chi connectivity index (χ1v) is 14.8. The third-order valence-corrected chi connectivity index (χ3v) is 8.39. The molecule has 220 valence electrons. The van der Waals surface area contributed by atoms with Crippen molar-refractivity contribution in [2.75, 3.05) is 18.1 Å². The van der Waals surface area contributed by atoms with Crippen LogP contribution in [-0.2, 0) is 20.8 Å². The Kier molecular flexibility index (Phi) is 10.4. The van der Waals surface area contributed by atoms with Crippen molar-refractivity contribution in [3.05, 3.63) is 71.0 Å². The number of aliphatic imine (C=N–C) groups is 1. The SMILES string of the molecule is NCCSCC(=O)[C@@H](CC1CC1)[C@@H](CCC(F)(F)F)C(=O)N[C@H]1N=C(c2ccccc2)c2cccc(F)c2CC1=O. The van der Waals surface area contributed by atoms with Crippen molar-refractivity contribution in [3.63, 3.8) is 0 Å². The van der Waals surface area contributed by atoms with Gasteiger partial charge >= 0.3 is 6.18 Å². The summed E-state index contributed by atoms with van der Waals surface area (Å²) in [6, 6.07) is 13.1. The minimum Gasteiger partial charge on any atom is -0.330 e. The number of hydrogen-bond donors (Lipinski definition) is 2. The Morgan fingerprint density at radius 3 is 2.46 bits per heavy atom. The van der Waals surface area contributed by atoms with E-state index < -0.39 is 54.5 Å². The van der Waals surface area contributed by atoms with Crippen LogP contribution in [0.4, 0.5) is 17.6 Å². The minimum absolute atomic E-state index is 0.0393. The maximum Gasteiger partial charge on any atom is 0.389 e. The Labute approximate surface area is 240 Å². The van der Waals surface area contributed by atoms with Gasteiger partial charge in [0.15, 0.2) is 11.9 Å². The van der Waals surface area contributed by atoms with E-state index in [0.717, 1.165) is 12.8 Å². The van der Waals surface area contributed by atoms with E-state index >= 15 is 0 Å². The summed E-state index contributed by atoms with van der Waals surface area (Å²) in [6.45, 7) is 0.345. The van der Waals surface area contributed by atoms with Gasteiger partial charge < -0.3 is 11.1 Å². The van der Waals surface area contributed by atoms with Crippen LogP contribution >= 0.6 is 11.8 Å². The molecule has 2 aliphatic rings. The van der Waals surface area contributed by atoms with Gasteiger partial charge in [-0.15, -0.1) is 0 Å². The van der Waals surface area contributed by atoms with Gasteiger partial charge in [0.05, 0.1) is 11.5 Å². The van der Waals surface area contributed by atoms with Crippen LogP contribution < -0.4 is 11.1 Å². The molecule has 41 heavy (non-hydrogen) atoms. The highest BCUT2D eigenvalue weighted by Crippen LogP contribution is 2.40. The lowest BCUT2D eigenvalue weighted by atomic mass is 9.81. The van der Waals surface area contributed by atoms with Crippen molar-refractivity contribution in [1.29, 1.82) is 0 Å². The molecule has 1 fully saturated rings. The van der Waals surface area contributed by atoms with Gasteiger partial charge in [-0.05, 0) is 24.8 Å². The lowest BCUT2D eigenvalue weighted by molar-refractivity contribution is -0.146. The summed E-state index contributed by atoms with van der Waals surface area (Å²) in [6.07, 6.45) is -6.18. The quantitative estimate of drug-likeness (QED) is 0.256. The molecule has 0 saturated heterocycles. The molecule has 11 heteroatoms. The molecule has 0 bridgehead atoms. The van der Waals surface area contributed by atoms with Crippen LogP contribution in [0.3, 0.4) is 0 Å². The summed E-state index contributed by atoms with van der Waals surface area (Å²) < 4.78 is 54.8. The molecular weight excluding hydrogens is 558 g/mol. The number of carbonyl (C=O) groups is 3. The molecule has 1 aliphatic carbocycles. The molecule has 3 N–H and O–H groups in total. The summed E-state index contributed by atoms with van der Waals surface area (Å²) in [5, 5.41) is 2.55. The number of amides is 1. The van der Waals surface area contributed by atoms with E-state index in [1.807, 2.05) is 0 Å². The maximum atomic E-state index is 14.8. The van der Waals surface area contributed by atoms with Crippen LogP contribution in [0, 0.1) is 23.6 Å². The molecule has 1 saturated carbocycles. The second-order valence-electron chi connectivity index (χ2n) is 10.5. The second kappa shape index (κ2) is 13.7. The van der Waals surface area contributed by atoms with Gasteiger partial charge in [-0.25, -0.2) is 4.39 Å². The molecule has 4 rings (SSSR count). The van der Waals surface area contributed by atoms with Gasteiger partial charge in [0, 0.05) is 53.7 Å². The maximum absolute atomic E-state index is 14.8. The number of Topliss-reactive ketones (excluding diaryl/α,β-unsaturated/α-hetero) is 2. The first-order chi connectivity index (χ1) is 19.6. The molecule has 2 aromatic rings. The van der Waals surface area contributed by atoms with Crippen LogP contribution in [0.5, 0.6) is 0 Å². The van der Waals surface area contributed by atoms with Gasteiger partial charge in [0.2, 0.25) is 5.91 Å². The van der Waals surface area contributed by atoms with Crippen molar-refractivity contribution in [2.24, 2.45) is 28.5 Å². The number of nitrogens with two attached hydrogens (primary N) is 1. The van der Waals surface area contributed by atoms with Gasteiger partial charge in [-0.1, -0.05) is 55.3 Å². The number of thioether (sulfide) groups is 1. The molecule has 0 unspecified atom stereocenters. The van der Waals surface area contributed by atoms with Crippen molar-refractivity contribution < 1.29 is 31.9 Å². The third kappa shape index (κ3) is 8.48. The molecule has 6 nitrogen and oxygen atoms in total. The summed E-state index contributed by atoms with van der Waals surface area (Å²) in [7, 11) is 0. The molecule has 0 radical (unpaired) electrons. The van der Waals surface area contributed by atoms with Crippen LogP contribution in [0.1, 0.15) is 48.8 Å². The van der Waals surface area contributed by atoms with E-state index in [-0.39, 0.29) is 35.1 Å². The van der Waals surface area contributed by atoms with E-state index in [2.05, 4.69) is 10.3 Å². The molecule has 1 aliphatic heterocycles. The summed E-state index contributed by atoms with van der Waals surface area (Å²) >= 11 is 1.28. The van der Waals surface area contributed by atoms with Gasteiger partial charge in [-0.2, -0.15) is 24.9 Å². The molecule has 3 atom stereocenters. The number of halogens is 4. The van der Waals surface area contributed by atoms with Gasteiger partial charge in [-0.3, -0.25) is 19.4 Å². The third-order valence-electron chi connectivity index (χ3n) is 7.38. The zero-order valence-corrected chi connectivity index (χ0v) is 23.3. The molecular formula is C30H33F4N3O3S. The average molecular weight is 592 g/mol. The van der Waals surface area contributed by atoms with Crippen molar-refractivity contribution >= 4 is 34.9 Å². The molecule has 0 spiro atoms. The smallest absolute Gasteiger partial charge is 0.330 e. The van der Waals surface area contributed by atoms with Crippen LogP contribution in [0.25, 0.3) is 0 Å². The molecule has 1 amide bonds. The zero-order valence-electron chi connectivity index (χ0n) is 22.5. The fraction of sp³-hybridized carbons (Fsp3) is 0.467. The van der Waals surface area contributed by atoms with Gasteiger partial charge in [0.1, 0.15) is 11.6 Å². The summed E-state index contributed by atoms with van der Waals surface area (Å²) in [5.74, 6) is -3.84. The highest BCUT2D eigenvalue weighted by molar-refractivity contribution is 7.99. The predicted molar refractivity (Wildman–Crippen MR) is 150 cm³/mol. The lowest BCUT2D eigenvalue weighted by Gasteiger charge is -2.27. The first-order valence-electron chi connectivity index (χ1n) is 13.7. The van der Waals surface area contributed by atoms with Crippen molar-refractivity contribution in [1.82, 2.24) is 5.32 Å². The highest BCUT2D eigenvalue weighted by atomic mass is 32.2. The number of carbonyl (C=O) groups excluding carboxylic acids is 3. The Morgan fingerprint density at radius 1 is 1.07 bits per heavy atom. The molecule has 2 aromatic carbocycles. The van der Waals surface area contributed by atoms with Crippen LogP contribution in [0.2, 0.25) is 0 Å². The predicted octanol–water partition coefficient (Wildman–Crippen LogP) is 4.87. The Hall–Kier alpha value is -3.05. The molecule has 0 aromatic heterocycles. The van der Waals surface area contributed by atoms with Crippen molar-refractivity contribution in [3.8, 4) is 0 Å². The zero-order chi connectivity index (χ0) is 29.6. The van der Waals surface area contributed by atoms with E-state index in [1.54, 1.807) is 36.4 Å². The van der Waals surface area contributed by atoms with E-state index in [0.29, 0.717) is 29.8 Å². The number of nitrogens with one attached hydrogen (secondary N) is 1. The van der Waals surface area contributed by atoms with Crippen LogP contribution in [-0.4, -0.2) is 53.6 Å². The number of alkyl halides is 3. The topological polar surface area (TPSA) is 102 Å². The second-order valence-corrected chi connectivity index (χ2v) is 11.6. The van der Waals surface area contributed by atoms with E-state index in [1.165, 1.54) is 23.9 Å². The Bertz CT molecular complexity index is 1280. The summed E-state index contributed by atoms with van der Waals surface area (Å²) in [4.78, 5) is 44.7. The highest BCUT2D eigenvalue weighted by Gasteiger charge is 2.41.